The molecule has 0 aliphatic heterocycles. The Morgan fingerprint density at radius 2 is 2.04 bits per heavy atom. The van der Waals surface area contributed by atoms with E-state index >= 15 is 0 Å². The summed E-state index contributed by atoms with van der Waals surface area (Å²) in [7, 11) is 0. The fraction of sp³-hybridized carbons (Fsp3) is 0.400. The summed E-state index contributed by atoms with van der Waals surface area (Å²) in [6.45, 7) is 9.35. The van der Waals surface area contributed by atoms with Crippen LogP contribution in [-0.4, -0.2) is 37.0 Å². The number of nitrogens with zero attached hydrogens (tertiary/aromatic N) is 5. The maximum atomic E-state index is 12.5. The quantitative estimate of drug-likeness (QED) is 0.697. The summed E-state index contributed by atoms with van der Waals surface area (Å²) in [5.74, 6) is 0.796. The molecule has 0 bridgehead atoms. The number of hydrogen-bond donors (Lipinski definition) is 1. The SMILES string of the molecule is Cc1cc(C)n(Cc2cccc(C(=O)NCCc3nncn3C(C)C)c2)n1. The van der Waals surface area contributed by atoms with E-state index in [-0.39, 0.29) is 5.91 Å². The van der Waals surface area contributed by atoms with Crippen molar-refractivity contribution < 1.29 is 4.79 Å². The van der Waals surface area contributed by atoms with E-state index in [1.807, 2.05) is 53.4 Å². The molecule has 1 amide bonds. The molecule has 3 aromatic rings. The molecule has 1 aromatic carbocycles. The highest BCUT2D eigenvalue weighted by Crippen LogP contribution is 2.10. The lowest BCUT2D eigenvalue weighted by Gasteiger charge is -2.11. The minimum atomic E-state index is -0.0826. The van der Waals surface area contributed by atoms with Crippen LogP contribution in [0.1, 0.15) is 53.0 Å². The zero-order valence-corrected chi connectivity index (χ0v) is 16.3. The van der Waals surface area contributed by atoms with Gasteiger partial charge in [-0.3, -0.25) is 9.48 Å². The third-order valence-electron chi connectivity index (χ3n) is 4.46. The number of carbonyl (C=O) groups is 1. The topological polar surface area (TPSA) is 77.6 Å². The van der Waals surface area contributed by atoms with Gasteiger partial charge in [-0.25, -0.2) is 0 Å². The van der Waals surface area contributed by atoms with Gasteiger partial charge in [0.05, 0.1) is 12.2 Å². The van der Waals surface area contributed by atoms with Gasteiger partial charge in [0.1, 0.15) is 12.2 Å². The van der Waals surface area contributed by atoms with E-state index in [2.05, 4.69) is 34.5 Å². The molecule has 2 heterocycles. The summed E-state index contributed by atoms with van der Waals surface area (Å²) in [6.07, 6.45) is 2.37. The maximum absolute atomic E-state index is 12.5. The number of nitrogens with one attached hydrogen (secondary N) is 1. The summed E-state index contributed by atoms with van der Waals surface area (Å²) < 4.78 is 3.96. The molecule has 1 N–H and O–H groups in total. The maximum Gasteiger partial charge on any atom is 0.251 e. The average Bonchev–Trinajstić information content (AvgIpc) is 3.21. The molecule has 0 aliphatic rings. The fourth-order valence-electron chi connectivity index (χ4n) is 3.09. The van der Waals surface area contributed by atoms with Gasteiger partial charge in [-0.2, -0.15) is 5.10 Å². The van der Waals surface area contributed by atoms with E-state index in [0.717, 1.165) is 22.8 Å². The van der Waals surface area contributed by atoms with Crippen LogP contribution in [0.2, 0.25) is 0 Å². The van der Waals surface area contributed by atoms with E-state index in [0.29, 0.717) is 31.1 Å². The van der Waals surface area contributed by atoms with Crippen LogP contribution in [-0.2, 0) is 13.0 Å². The molecule has 2 aromatic heterocycles. The van der Waals surface area contributed by atoms with Crippen molar-refractivity contribution in [2.75, 3.05) is 6.54 Å². The van der Waals surface area contributed by atoms with Crippen molar-refractivity contribution in [1.82, 2.24) is 29.9 Å². The first kappa shape index (κ1) is 18.8. The van der Waals surface area contributed by atoms with Crippen LogP contribution in [0.25, 0.3) is 0 Å². The average molecular weight is 366 g/mol. The van der Waals surface area contributed by atoms with Crippen molar-refractivity contribution in [2.24, 2.45) is 0 Å². The van der Waals surface area contributed by atoms with Gasteiger partial charge in [0, 0.05) is 30.3 Å². The van der Waals surface area contributed by atoms with E-state index in [1.165, 1.54) is 0 Å². The second kappa shape index (κ2) is 8.16. The van der Waals surface area contributed by atoms with Crippen LogP contribution >= 0.6 is 0 Å². The zero-order chi connectivity index (χ0) is 19.4. The van der Waals surface area contributed by atoms with Crippen molar-refractivity contribution >= 4 is 5.91 Å². The number of aryl methyl sites for hydroxylation is 2. The molecular weight excluding hydrogens is 340 g/mol. The fourth-order valence-corrected chi connectivity index (χ4v) is 3.09. The summed E-state index contributed by atoms with van der Waals surface area (Å²) in [5, 5.41) is 15.5. The third kappa shape index (κ3) is 4.61. The Labute approximate surface area is 159 Å². The Balaban J connectivity index is 1.60. The highest BCUT2D eigenvalue weighted by Gasteiger charge is 2.10. The summed E-state index contributed by atoms with van der Waals surface area (Å²) >= 11 is 0. The lowest BCUT2D eigenvalue weighted by atomic mass is 10.1. The van der Waals surface area contributed by atoms with Crippen LogP contribution in [0.3, 0.4) is 0 Å². The molecule has 0 radical (unpaired) electrons. The Kier molecular flexibility index (Phi) is 5.69. The van der Waals surface area contributed by atoms with Crippen molar-refractivity contribution in [3.8, 4) is 0 Å². The molecule has 0 atom stereocenters. The Morgan fingerprint density at radius 1 is 1.22 bits per heavy atom. The molecule has 27 heavy (non-hydrogen) atoms. The monoisotopic (exact) mass is 366 g/mol. The molecular formula is C20H26N6O. The number of amides is 1. The Bertz CT molecular complexity index is 924. The minimum Gasteiger partial charge on any atom is -0.352 e. The van der Waals surface area contributed by atoms with Crippen LogP contribution in [0, 0.1) is 13.8 Å². The van der Waals surface area contributed by atoms with Crippen LogP contribution < -0.4 is 5.32 Å². The number of hydrogen-bond acceptors (Lipinski definition) is 4. The smallest absolute Gasteiger partial charge is 0.251 e. The van der Waals surface area contributed by atoms with Crippen LogP contribution in [0.4, 0.5) is 0 Å². The molecule has 0 fully saturated rings. The van der Waals surface area contributed by atoms with Gasteiger partial charge in [-0.15, -0.1) is 10.2 Å². The van der Waals surface area contributed by atoms with Crippen LogP contribution in [0.15, 0.2) is 36.7 Å². The molecule has 7 heteroatoms. The predicted molar refractivity (Wildman–Crippen MR) is 104 cm³/mol. The second-order valence-electron chi connectivity index (χ2n) is 7.04. The van der Waals surface area contributed by atoms with Gasteiger partial charge in [-0.1, -0.05) is 12.1 Å². The first-order chi connectivity index (χ1) is 12.9. The van der Waals surface area contributed by atoms with Gasteiger partial charge in [0.25, 0.3) is 5.91 Å². The summed E-state index contributed by atoms with van der Waals surface area (Å²) in [5.41, 5.74) is 3.81. The third-order valence-corrected chi connectivity index (χ3v) is 4.46. The lowest BCUT2D eigenvalue weighted by Crippen LogP contribution is -2.26. The molecule has 0 unspecified atom stereocenters. The normalized spacial score (nSPS) is 11.1. The molecule has 142 valence electrons. The zero-order valence-electron chi connectivity index (χ0n) is 16.3. The molecule has 3 rings (SSSR count). The van der Waals surface area contributed by atoms with E-state index in [1.54, 1.807) is 6.33 Å². The number of aromatic nitrogens is 5. The highest BCUT2D eigenvalue weighted by atomic mass is 16.1. The van der Waals surface area contributed by atoms with Gasteiger partial charge >= 0.3 is 0 Å². The van der Waals surface area contributed by atoms with Gasteiger partial charge in [0.15, 0.2) is 0 Å². The van der Waals surface area contributed by atoms with E-state index in [4.69, 9.17) is 0 Å². The molecule has 0 spiro atoms. The van der Waals surface area contributed by atoms with Gasteiger partial charge < -0.3 is 9.88 Å². The molecule has 0 saturated heterocycles. The molecule has 0 saturated carbocycles. The Hall–Kier alpha value is -2.96. The largest absolute Gasteiger partial charge is 0.352 e. The summed E-state index contributed by atoms with van der Waals surface area (Å²) in [4.78, 5) is 12.5. The van der Waals surface area contributed by atoms with Gasteiger partial charge in [-0.05, 0) is 51.5 Å². The number of benzene rings is 1. The van der Waals surface area contributed by atoms with Crippen molar-refractivity contribution in [3.05, 3.63) is 65.0 Å². The summed E-state index contributed by atoms with van der Waals surface area (Å²) in [6, 6.07) is 10.0. The lowest BCUT2D eigenvalue weighted by molar-refractivity contribution is 0.0953. The Morgan fingerprint density at radius 3 is 2.74 bits per heavy atom. The standard InChI is InChI=1S/C20H26N6O/c1-14(2)25-13-22-23-19(25)8-9-21-20(27)18-7-5-6-17(11-18)12-26-16(4)10-15(3)24-26/h5-7,10-11,13-14H,8-9,12H2,1-4H3,(H,21,27). The van der Waals surface area contributed by atoms with E-state index < -0.39 is 0 Å². The second-order valence-corrected chi connectivity index (χ2v) is 7.04. The van der Waals surface area contributed by atoms with Crippen LogP contribution in [0.5, 0.6) is 0 Å². The predicted octanol–water partition coefficient (Wildman–Crippen LogP) is 2.69. The van der Waals surface area contributed by atoms with Crippen molar-refractivity contribution in [1.29, 1.82) is 0 Å². The highest BCUT2D eigenvalue weighted by molar-refractivity contribution is 5.94. The van der Waals surface area contributed by atoms with Crippen molar-refractivity contribution in [2.45, 2.75) is 46.7 Å². The first-order valence-electron chi connectivity index (χ1n) is 9.20. The van der Waals surface area contributed by atoms with Crippen molar-refractivity contribution in [3.63, 3.8) is 0 Å². The first-order valence-corrected chi connectivity index (χ1v) is 9.20. The van der Waals surface area contributed by atoms with E-state index in [9.17, 15) is 4.79 Å². The molecule has 7 nitrogen and oxygen atoms in total. The molecule has 0 aliphatic carbocycles. The van der Waals surface area contributed by atoms with Gasteiger partial charge in [0.2, 0.25) is 0 Å². The minimum absolute atomic E-state index is 0.0826. The number of carbonyl (C=O) groups excluding carboxylic acids is 1. The number of rotatable bonds is 7.